The summed E-state index contributed by atoms with van der Waals surface area (Å²) in [6.07, 6.45) is 2.96. The molecule has 0 aromatic heterocycles. The lowest BCUT2D eigenvalue weighted by molar-refractivity contribution is -0.150. The molecule has 1 atom stereocenters. The van der Waals surface area contributed by atoms with Crippen molar-refractivity contribution in [2.75, 3.05) is 29.9 Å². The molecule has 170 valence electrons. The number of hydrogen-bond donors (Lipinski definition) is 3. The van der Waals surface area contributed by atoms with E-state index in [0.29, 0.717) is 50.3 Å². The zero-order valence-corrected chi connectivity index (χ0v) is 17.8. The lowest BCUT2D eigenvalue weighted by Crippen LogP contribution is -2.47. The van der Waals surface area contributed by atoms with E-state index in [0.717, 1.165) is 12.8 Å². The minimum absolute atomic E-state index is 0.0537. The molecular formula is C22H30FN3O5. The highest BCUT2D eigenvalue weighted by molar-refractivity contribution is 6.01. The number of ether oxygens (including phenoxy) is 1. The molecular weight excluding hydrogens is 405 g/mol. The summed E-state index contributed by atoms with van der Waals surface area (Å²) in [6.45, 7) is 3.20. The number of aliphatic hydroxyl groups is 1. The lowest BCUT2D eigenvalue weighted by atomic mass is 9.88. The summed E-state index contributed by atoms with van der Waals surface area (Å²) >= 11 is 0. The molecule has 0 aliphatic carbocycles. The number of imide groups is 1. The maximum Gasteiger partial charge on any atom is 0.308 e. The largest absolute Gasteiger partial charge is 0.466 e. The van der Waals surface area contributed by atoms with Gasteiger partial charge in [-0.3, -0.25) is 19.7 Å². The molecule has 0 saturated carbocycles. The molecule has 3 N–H and O–H groups in total. The summed E-state index contributed by atoms with van der Waals surface area (Å²) < 4.78 is 19.9. The topological polar surface area (TPSA) is 108 Å². The summed E-state index contributed by atoms with van der Waals surface area (Å²) in [5, 5.41) is 15.9. The van der Waals surface area contributed by atoms with Crippen LogP contribution in [0.15, 0.2) is 18.2 Å². The van der Waals surface area contributed by atoms with Crippen molar-refractivity contribution in [1.82, 2.24) is 5.32 Å². The van der Waals surface area contributed by atoms with Crippen molar-refractivity contribution in [3.05, 3.63) is 24.0 Å². The van der Waals surface area contributed by atoms with Gasteiger partial charge >= 0.3 is 5.97 Å². The van der Waals surface area contributed by atoms with Gasteiger partial charge in [0.15, 0.2) is 0 Å². The Bertz CT molecular complexity index is 823. The van der Waals surface area contributed by atoms with Crippen molar-refractivity contribution in [2.24, 2.45) is 0 Å². The van der Waals surface area contributed by atoms with Gasteiger partial charge < -0.3 is 20.1 Å². The molecule has 2 heterocycles. The van der Waals surface area contributed by atoms with Crippen LogP contribution in [0, 0.1) is 5.82 Å². The Labute approximate surface area is 181 Å². The van der Waals surface area contributed by atoms with Crippen molar-refractivity contribution in [3.63, 3.8) is 0 Å². The second-order valence-corrected chi connectivity index (χ2v) is 8.28. The minimum atomic E-state index is -1.14. The van der Waals surface area contributed by atoms with Crippen LogP contribution in [0.3, 0.4) is 0 Å². The fraction of sp³-hybridized carbons (Fsp3) is 0.591. The normalized spacial score (nSPS) is 20.9. The molecule has 3 rings (SSSR count). The Morgan fingerprint density at radius 2 is 2.10 bits per heavy atom. The van der Waals surface area contributed by atoms with Crippen molar-refractivity contribution in [1.29, 1.82) is 0 Å². The second kappa shape index (κ2) is 10.1. The number of hydrogen-bond acceptors (Lipinski definition) is 7. The van der Waals surface area contributed by atoms with Crippen LogP contribution in [-0.2, 0) is 19.1 Å². The smallest absolute Gasteiger partial charge is 0.308 e. The molecule has 31 heavy (non-hydrogen) atoms. The van der Waals surface area contributed by atoms with Gasteiger partial charge in [0.2, 0.25) is 11.8 Å². The van der Waals surface area contributed by atoms with E-state index in [-0.39, 0.29) is 18.7 Å². The molecule has 9 heteroatoms. The Balaban J connectivity index is 1.54. The molecule has 2 fully saturated rings. The zero-order chi connectivity index (χ0) is 22.4. The zero-order valence-electron chi connectivity index (χ0n) is 17.8. The molecule has 1 aromatic carbocycles. The highest BCUT2D eigenvalue weighted by Gasteiger charge is 2.35. The third kappa shape index (κ3) is 6.16. The maximum atomic E-state index is 14.8. The quantitative estimate of drug-likeness (QED) is 0.326. The van der Waals surface area contributed by atoms with E-state index in [4.69, 9.17) is 4.74 Å². The number of nitrogens with one attached hydrogen (secondary N) is 2. The molecule has 2 amide bonds. The van der Waals surface area contributed by atoms with Crippen LogP contribution in [0.2, 0.25) is 0 Å². The second-order valence-electron chi connectivity index (χ2n) is 8.28. The number of nitrogens with zero attached hydrogens (tertiary/aromatic N) is 1. The van der Waals surface area contributed by atoms with Crippen LogP contribution in [0.25, 0.3) is 0 Å². The fourth-order valence-electron chi connectivity index (χ4n) is 3.88. The summed E-state index contributed by atoms with van der Waals surface area (Å²) in [5.74, 6) is -1.56. The fourth-order valence-corrected chi connectivity index (χ4v) is 3.88. The monoisotopic (exact) mass is 435 g/mol. The van der Waals surface area contributed by atoms with E-state index < -0.39 is 29.3 Å². The first kappa shape index (κ1) is 23.0. The molecule has 8 nitrogen and oxygen atoms in total. The van der Waals surface area contributed by atoms with Gasteiger partial charge in [-0.1, -0.05) is 13.3 Å². The Morgan fingerprint density at radius 1 is 1.35 bits per heavy atom. The van der Waals surface area contributed by atoms with Crippen LogP contribution in [0.4, 0.5) is 15.8 Å². The molecule has 2 aliphatic heterocycles. The highest BCUT2D eigenvalue weighted by atomic mass is 19.1. The van der Waals surface area contributed by atoms with Gasteiger partial charge in [0.25, 0.3) is 0 Å². The first-order chi connectivity index (χ1) is 14.8. The number of piperidine rings is 2. The van der Waals surface area contributed by atoms with Gasteiger partial charge in [0, 0.05) is 25.2 Å². The number of amides is 2. The number of carbonyl (C=O) groups is 3. The average Bonchev–Trinajstić information content (AvgIpc) is 2.71. The minimum Gasteiger partial charge on any atom is -0.466 e. The van der Waals surface area contributed by atoms with Crippen molar-refractivity contribution < 1.29 is 28.6 Å². The third-order valence-electron chi connectivity index (χ3n) is 5.80. The lowest BCUT2D eigenvalue weighted by Gasteiger charge is -2.39. The number of halogens is 1. The van der Waals surface area contributed by atoms with E-state index in [2.05, 4.69) is 10.6 Å². The number of anilines is 2. The molecule has 0 unspecified atom stereocenters. The molecule has 0 spiro atoms. The molecule has 1 aromatic rings. The van der Waals surface area contributed by atoms with E-state index in [1.807, 2.05) is 11.8 Å². The van der Waals surface area contributed by atoms with Gasteiger partial charge in [-0.15, -0.1) is 0 Å². The van der Waals surface area contributed by atoms with Crippen LogP contribution < -0.4 is 15.5 Å². The number of carbonyl (C=O) groups excluding carboxylic acids is 3. The van der Waals surface area contributed by atoms with Crippen molar-refractivity contribution in [2.45, 2.75) is 63.5 Å². The molecule has 0 radical (unpaired) electrons. The SMILES string of the molecule is CCCCOC(=O)CC1(O)CCN(c2ccc(N[C@H]3CCC(=O)NC3=O)cc2F)CC1. The van der Waals surface area contributed by atoms with Gasteiger partial charge in [-0.05, 0) is 43.9 Å². The van der Waals surface area contributed by atoms with Crippen LogP contribution >= 0.6 is 0 Å². The predicted octanol–water partition coefficient (Wildman–Crippen LogP) is 2.11. The van der Waals surface area contributed by atoms with E-state index in [1.165, 1.54) is 6.07 Å². The van der Waals surface area contributed by atoms with E-state index >= 15 is 0 Å². The summed E-state index contributed by atoms with van der Waals surface area (Å²) in [5.41, 5.74) is -0.274. The number of esters is 1. The Kier molecular flexibility index (Phi) is 7.48. The van der Waals surface area contributed by atoms with Gasteiger partial charge in [-0.2, -0.15) is 0 Å². The number of unbranched alkanes of at least 4 members (excludes halogenated alkanes) is 1. The molecule has 2 saturated heterocycles. The van der Waals surface area contributed by atoms with Crippen LogP contribution in [0.5, 0.6) is 0 Å². The third-order valence-corrected chi connectivity index (χ3v) is 5.80. The maximum absolute atomic E-state index is 14.8. The molecule has 0 bridgehead atoms. The van der Waals surface area contributed by atoms with Crippen LogP contribution in [-0.4, -0.2) is 54.2 Å². The van der Waals surface area contributed by atoms with Gasteiger partial charge in [-0.25, -0.2) is 4.39 Å². The Morgan fingerprint density at radius 3 is 2.74 bits per heavy atom. The highest BCUT2D eigenvalue weighted by Crippen LogP contribution is 2.31. The van der Waals surface area contributed by atoms with Crippen molar-refractivity contribution >= 4 is 29.2 Å². The Hall–Kier alpha value is -2.68. The van der Waals surface area contributed by atoms with E-state index in [1.54, 1.807) is 12.1 Å². The standard InChI is InChI=1S/C22H30FN3O5/c1-2-3-12-31-20(28)14-22(30)8-10-26(11-9-22)18-6-4-15(13-16(18)23)24-17-5-7-19(27)25-21(17)29/h4,6,13,17,24,30H,2-3,5,7-12,14H2,1H3,(H,25,27,29)/t17-/m0/s1. The van der Waals surface area contributed by atoms with E-state index in [9.17, 15) is 23.9 Å². The average molecular weight is 435 g/mol. The summed E-state index contributed by atoms with van der Waals surface area (Å²) in [4.78, 5) is 36.9. The predicted molar refractivity (Wildman–Crippen MR) is 113 cm³/mol. The summed E-state index contributed by atoms with van der Waals surface area (Å²) in [6, 6.07) is 4.07. The van der Waals surface area contributed by atoms with Crippen LogP contribution in [0.1, 0.15) is 51.9 Å². The number of benzene rings is 1. The van der Waals surface area contributed by atoms with Gasteiger partial charge in [0.05, 0.1) is 24.3 Å². The first-order valence-corrected chi connectivity index (χ1v) is 10.8. The van der Waals surface area contributed by atoms with Crippen molar-refractivity contribution in [3.8, 4) is 0 Å². The first-order valence-electron chi connectivity index (χ1n) is 10.8. The molecule has 2 aliphatic rings. The summed E-state index contributed by atoms with van der Waals surface area (Å²) in [7, 11) is 0. The number of rotatable bonds is 8. The van der Waals surface area contributed by atoms with Gasteiger partial charge in [0.1, 0.15) is 11.9 Å².